The van der Waals surface area contributed by atoms with Crippen molar-refractivity contribution in [1.82, 2.24) is 30.0 Å². The normalized spacial score (nSPS) is 11.7. The van der Waals surface area contributed by atoms with Crippen LogP contribution in [0.2, 0.25) is 0 Å². The zero-order valence-electron chi connectivity index (χ0n) is 19.1. The second-order valence-corrected chi connectivity index (χ2v) is 10.0. The molecule has 4 heterocycles. The number of hydrogen-bond acceptors (Lipinski definition) is 6. The summed E-state index contributed by atoms with van der Waals surface area (Å²) < 4.78 is 39.7. The first kappa shape index (κ1) is 23.5. The molecule has 0 aliphatic rings. The average Bonchev–Trinajstić information content (AvgIpc) is 3.24. The van der Waals surface area contributed by atoms with Crippen molar-refractivity contribution < 1.29 is 17.6 Å². The molecular weight excluding hydrogens is 483 g/mol. The van der Waals surface area contributed by atoms with Crippen LogP contribution in [-0.4, -0.2) is 53.6 Å². The summed E-state index contributed by atoms with van der Waals surface area (Å²) >= 11 is 0. The minimum Gasteiger partial charge on any atom is -0.351 e. The van der Waals surface area contributed by atoms with Crippen molar-refractivity contribution in [2.24, 2.45) is 0 Å². The molecule has 0 aliphatic heterocycles. The first-order chi connectivity index (χ1) is 17.3. The Morgan fingerprint density at radius 3 is 2.56 bits per heavy atom. The fraction of sp³-hybridized carbons (Fsp3) is 0.120. The number of carbonyl (C=O) groups is 1. The molecule has 0 fully saturated rings. The maximum Gasteiger partial charge on any atom is 0.251 e. The second-order valence-electron chi connectivity index (χ2n) is 8.19. The third-order valence-corrected chi connectivity index (χ3v) is 6.36. The Labute approximate surface area is 205 Å². The molecule has 3 N–H and O–H groups in total. The highest BCUT2D eigenvalue weighted by molar-refractivity contribution is 7.88. The maximum atomic E-state index is 15.2. The summed E-state index contributed by atoms with van der Waals surface area (Å²) in [4.78, 5) is 28.5. The molecule has 0 radical (unpaired) electrons. The molecule has 0 saturated carbocycles. The lowest BCUT2D eigenvalue weighted by Gasteiger charge is -2.09. The van der Waals surface area contributed by atoms with E-state index in [1.54, 1.807) is 42.9 Å². The number of aromatic nitrogens is 4. The second kappa shape index (κ2) is 9.44. The van der Waals surface area contributed by atoms with E-state index in [2.05, 4.69) is 30.0 Å². The largest absolute Gasteiger partial charge is 0.351 e. The quantitative estimate of drug-likeness (QED) is 0.292. The van der Waals surface area contributed by atoms with Crippen LogP contribution in [0.25, 0.3) is 44.3 Å². The Morgan fingerprint density at radius 1 is 1.03 bits per heavy atom. The van der Waals surface area contributed by atoms with Crippen LogP contribution < -0.4 is 10.0 Å². The number of aromatic amines is 1. The summed E-state index contributed by atoms with van der Waals surface area (Å²) in [6.45, 7) is 0.217. The number of sulfonamides is 1. The van der Waals surface area contributed by atoms with E-state index in [1.165, 1.54) is 0 Å². The zero-order chi connectivity index (χ0) is 25.3. The number of nitrogens with zero attached hydrogens (tertiary/aromatic N) is 3. The Bertz CT molecular complexity index is 1690. The number of amides is 1. The summed E-state index contributed by atoms with van der Waals surface area (Å²) in [5, 5.41) is 4.02. The van der Waals surface area contributed by atoms with E-state index >= 15 is 4.39 Å². The topological polar surface area (TPSA) is 130 Å². The first-order valence-electron chi connectivity index (χ1n) is 11.0. The lowest BCUT2D eigenvalue weighted by molar-refractivity contribution is 0.0954. The van der Waals surface area contributed by atoms with Crippen molar-refractivity contribution in [2.45, 2.75) is 0 Å². The van der Waals surface area contributed by atoms with Crippen LogP contribution in [0.3, 0.4) is 0 Å². The van der Waals surface area contributed by atoms with Gasteiger partial charge in [0, 0.05) is 52.9 Å². The van der Waals surface area contributed by atoms with Crippen LogP contribution in [0.15, 0.2) is 67.3 Å². The molecule has 5 aromatic rings. The number of pyridine rings is 3. The highest BCUT2D eigenvalue weighted by Gasteiger charge is 2.18. The van der Waals surface area contributed by atoms with E-state index in [0.717, 1.165) is 28.9 Å². The molecule has 0 unspecified atom stereocenters. The van der Waals surface area contributed by atoms with Crippen molar-refractivity contribution in [3.63, 3.8) is 0 Å². The maximum absolute atomic E-state index is 15.2. The first-order valence-corrected chi connectivity index (χ1v) is 12.9. The molecule has 11 heteroatoms. The molecule has 9 nitrogen and oxygen atoms in total. The molecule has 5 rings (SSSR count). The van der Waals surface area contributed by atoms with Gasteiger partial charge in [-0.05, 0) is 35.9 Å². The number of carbonyl (C=O) groups excluding carboxylic acids is 1. The number of hydrogen-bond donors (Lipinski definition) is 3. The van der Waals surface area contributed by atoms with E-state index < -0.39 is 15.8 Å². The van der Waals surface area contributed by atoms with Gasteiger partial charge in [-0.2, -0.15) is 0 Å². The summed E-state index contributed by atoms with van der Waals surface area (Å²) in [7, 11) is -3.33. The van der Waals surface area contributed by atoms with E-state index in [9.17, 15) is 13.2 Å². The summed E-state index contributed by atoms with van der Waals surface area (Å²) in [5.74, 6) is -0.858. The third-order valence-electron chi connectivity index (χ3n) is 5.63. The van der Waals surface area contributed by atoms with Gasteiger partial charge in [0.15, 0.2) is 0 Å². The molecule has 36 heavy (non-hydrogen) atoms. The fourth-order valence-corrected chi connectivity index (χ4v) is 4.46. The Balaban J connectivity index is 1.49. The minimum absolute atomic E-state index is 0.0827. The Morgan fingerprint density at radius 2 is 1.83 bits per heavy atom. The Hall–Kier alpha value is -4.22. The van der Waals surface area contributed by atoms with Gasteiger partial charge in [0.1, 0.15) is 11.5 Å². The smallest absolute Gasteiger partial charge is 0.251 e. The number of H-pyrrole nitrogens is 1. The molecule has 182 valence electrons. The molecule has 0 atom stereocenters. The Kier molecular flexibility index (Phi) is 6.17. The van der Waals surface area contributed by atoms with Gasteiger partial charge in [-0.1, -0.05) is 12.1 Å². The summed E-state index contributed by atoms with van der Waals surface area (Å²) in [6, 6.07) is 12.1. The van der Waals surface area contributed by atoms with Crippen molar-refractivity contribution in [3.8, 4) is 22.4 Å². The zero-order valence-corrected chi connectivity index (χ0v) is 19.9. The number of nitrogens with one attached hydrogen (secondary N) is 3. The predicted molar refractivity (Wildman–Crippen MR) is 135 cm³/mol. The van der Waals surface area contributed by atoms with Crippen LogP contribution >= 0.6 is 0 Å². The number of halogens is 1. The summed E-state index contributed by atoms with van der Waals surface area (Å²) in [6.07, 6.45) is 7.29. The summed E-state index contributed by atoms with van der Waals surface area (Å²) in [5.41, 5.74) is 4.08. The van der Waals surface area contributed by atoms with Crippen molar-refractivity contribution in [3.05, 3.63) is 78.6 Å². The van der Waals surface area contributed by atoms with Crippen LogP contribution in [0, 0.1) is 5.82 Å². The van der Waals surface area contributed by atoms with Gasteiger partial charge in [0.25, 0.3) is 5.91 Å². The van der Waals surface area contributed by atoms with Crippen LogP contribution in [0.5, 0.6) is 0 Å². The standard InChI is InChI=1S/C25H21FN6O3S/c1-36(34,35)31-10-9-28-25(33)16-6-4-15(5-7-16)22-19(26)13-30-24-23(22)18-11-20(29-14-21(18)32-24)17-3-2-8-27-12-17/h2-8,11-14,31H,9-10H2,1H3,(H,28,33)(H,30,32). The van der Waals surface area contributed by atoms with Crippen molar-refractivity contribution >= 4 is 37.9 Å². The third kappa shape index (κ3) is 4.79. The monoisotopic (exact) mass is 504 g/mol. The lowest BCUT2D eigenvalue weighted by Crippen LogP contribution is -2.34. The van der Waals surface area contributed by atoms with Crippen LogP contribution in [0.1, 0.15) is 10.4 Å². The predicted octanol–water partition coefficient (Wildman–Crippen LogP) is 3.26. The number of benzene rings is 1. The van der Waals surface area contributed by atoms with Gasteiger partial charge in [-0.3, -0.25) is 14.8 Å². The molecule has 0 bridgehead atoms. The number of fused-ring (bicyclic) bond motifs is 3. The van der Waals surface area contributed by atoms with Gasteiger partial charge in [-0.15, -0.1) is 0 Å². The minimum atomic E-state index is -3.33. The molecule has 0 spiro atoms. The van der Waals surface area contributed by atoms with Crippen molar-refractivity contribution in [2.75, 3.05) is 19.3 Å². The van der Waals surface area contributed by atoms with Crippen LogP contribution in [0.4, 0.5) is 4.39 Å². The molecule has 0 saturated heterocycles. The van der Waals surface area contributed by atoms with Gasteiger partial charge in [0.05, 0.1) is 29.9 Å². The molecule has 1 amide bonds. The van der Waals surface area contributed by atoms with Gasteiger partial charge in [0.2, 0.25) is 10.0 Å². The molecular formula is C25H21FN6O3S. The van der Waals surface area contributed by atoms with Gasteiger partial charge in [-0.25, -0.2) is 22.5 Å². The molecule has 4 aromatic heterocycles. The fourth-order valence-electron chi connectivity index (χ4n) is 3.99. The van der Waals surface area contributed by atoms with E-state index in [0.29, 0.717) is 33.4 Å². The SMILES string of the molecule is CS(=O)(=O)NCCNC(=O)c1ccc(-c2c(F)cnc3[nH]c4cnc(-c5cccnc5)cc4c23)cc1. The van der Waals surface area contributed by atoms with E-state index in [1.807, 2.05) is 18.2 Å². The average molecular weight is 505 g/mol. The highest BCUT2D eigenvalue weighted by Crippen LogP contribution is 2.36. The molecule has 0 aliphatic carbocycles. The van der Waals surface area contributed by atoms with Crippen LogP contribution in [-0.2, 0) is 10.0 Å². The van der Waals surface area contributed by atoms with Gasteiger partial charge < -0.3 is 10.3 Å². The lowest BCUT2D eigenvalue weighted by atomic mass is 9.99. The van der Waals surface area contributed by atoms with Gasteiger partial charge >= 0.3 is 0 Å². The van der Waals surface area contributed by atoms with Crippen molar-refractivity contribution in [1.29, 1.82) is 0 Å². The highest BCUT2D eigenvalue weighted by atomic mass is 32.2. The van der Waals surface area contributed by atoms with E-state index in [-0.39, 0.29) is 19.0 Å². The van der Waals surface area contributed by atoms with E-state index in [4.69, 9.17) is 0 Å². The molecule has 1 aromatic carbocycles. The number of rotatable bonds is 7.